The molecule has 2 unspecified atom stereocenters. The molecule has 0 aromatic heterocycles. The third-order valence-corrected chi connectivity index (χ3v) is 7.57. The van der Waals surface area contributed by atoms with E-state index in [9.17, 15) is 9.36 Å². The Morgan fingerprint density at radius 1 is 1.41 bits per heavy atom. The summed E-state index contributed by atoms with van der Waals surface area (Å²) in [6.45, 7) is 5.42. The number of carbonyl (C=O) groups excluding carboxylic acids is 1. The molecule has 0 saturated carbocycles. The van der Waals surface area contributed by atoms with Crippen LogP contribution in [0.5, 0.6) is 0 Å². The Labute approximate surface area is 200 Å². The van der Waals surface area contributed by atoms with Crippen LogP contribution in [0.15, 0.2) is 53.9 Å². The van der Waals surface area contributed by atoms with Gasteiger partial charge in [-0.05, 0) is 30.7 Å². The maximum Gasteiger partial charge on any atom is 0.509 e. The summed E-state index contributed by atoms with van der Waals surface area (Å²) in [6, 6.07) is 7.09. The van der Waals surface area contributed by atoms with Gasteiger partial charge in [0, 0.05) is 17.6 Å². The SMILES string of the molecule is C=C1N=C(N)C=CN1[C@@H]1O[C@](C)(COP2(=O)OCCC(c3cccc(Cl)c3)O2)[C@H]2OC(=O)O[C@@H]12. The van der Waals surface area contributed by atoms with Gasteiger partial charge in [0.1, 0.15) is 17.3 Å². The standard InChI is InChI=1S/C21H23ClN3O8P/c1-12-24-16(23)6-8-25(12)19-17-18(31-20(26)30-17)21(2,32-19)11-29-34(27)28-9-7-15(33-34)13-4-3-5-14(22)10-13/h3-6,8,10,15,17-19H,1,7,9,11H2,2H3,(H2,23,24)/t15?,17-,18+,19-,21-,34?/m1/s1. The van der Waals surface area contributed by atoms with Gasteiger partial charge in [0.05, 0.1) is 19.3 Å². The molecule has 6 atom stereocenters. The second-order valence-corrected chi connectivity index (χ2v) is 10.4. The Morgan fingerprint density at radius 2 is 2.24 bits per heavy atom. The average molecular weight is 512 g/mol. The summed E-state index contributed by atoms with van der Waals surface area (Å²) in [4.78, 5) is 17.6. The van der Waals surface area contributed by atoms with Crippen LogP contribution in [-0.2, 0) is 32.3 Å². The van der Waals surface area contributed by atoms with Crippen LogP contribution in [0, 0.1) is 0 Å². The monoisotopic (exact) mass is 511 g/mol. The smallest absolute Gasteiger partial charge is 0.424 e. The number of hydrogen-bond acceptors (Lipinski definition) is 11. The first-order valence-corrected chi connectivity index (χ1v) is 12.4. The molecule has 4 heterocycles. The highest BCUT2D eigenvalue weighted by Crippen LogP contribution is 2.58. The van der Waals surface area contributed by atoms with Crippen molar-refractivity contribution in [1.29, 1.82) is 0 Å². The highest BCUT2D eigenvalue weighted by Gasteiger charge is 2.63. The fraction of sp³-hybridized carbons (Fsp3) is 0.429. The largest absolute Gasteiger partial charge is 0.509 e. The Kier molecular flexibility index (Phi) is 5.96. The van der Waals surface area contributed by atoms with Gasteiger partial charge in [-0.1, -0.05) is 30.3 Å². The van der Waals surface area contributed by atoms with Crippen LogP contribution in [0.3, 0.4) is 0 Å². The van der Waals surface area contributed by atoms with E-state index >= 15 is 0 Å². The van der Waals surface area contributed by atoms with Gasteiger partial charge >= 0.3 is 14.0 Å². The lowest BCUT2D eigenvalue weighted by molar-refractivity contribution is -0.137. The zero-order valence-electron chi connectivity index (χ0n) is 18.2. The molecule has 0 amide bonds. The number of aliphatic imine (C=N–C) groups is 1. The van der Waals surface area contributed by atoms with E-state index in [0.717, 1.165) is 5.56 Å². The molecule has 182 valence electrons. The molecule has 34 heavy (non-hydrogen) atoms. The molecular formula is C21H23ClN3O8P. The Bertz CT molecular complexity index is 1130. The quantitative estimate of drug-likeness (QED) is 0.462. The summed E-state index contributed by atoms with van der Waals surface area (Å²) in [5.74, 6) is 0.577. The highest BCUT2D eigenvalue weighted by atomic mass is 35.5. The van der Waals surface area contributed by atoms with E-state index in [0.29, 0.717) is 17.3 Å². The predicted octanol–water partition coefficient (Wildman–Crippen LogP) is 3.62. The van der Waals surface area contributed by atoms with E-state index in [-0.39, 0.29) is 19.0 Å². The van der Waals surface area contributed by atoms with E-state index in [2.05, 4.69) is 11.6 Å². The summed E-state index contributed by atoms with van der Waals surface area (Å²) in [7, 11) is -3.96. The molecule has 4 aliphatic heterocycles. The topological polar surface area (TPSA) is 131 Å². The van der Waals surface area contributed by atoms with Crippen LogP contribution < -0.4 is 5.73 Å². The van der Waals surface area contributed by atoms with Gasteiger partial charge < -0.3 is 24.8 Å². The van der Waals surface area contributed by atoms with Crippen LogP contribution in [0.4, 0.5) is 4.79 Å². The zero-order chi connectivity index (χ0) is 24.1. The van der Waals surface area contributed by atoms with Crippen LogP contribution in [0.2, 0.25) is 5.02 Å². The van der Waals surface area contributed by atoms with E-state index in [4.69, 9.17) is 45.1 Å². The van der Waals surface area contributed by atoms with Crippen LogP contribution in [-0.4, -0.2) is 54.1 Å². The normalized spacial score (nSPS) is 37.2. The highest BCUT2D eigenvalue weighted by molar-refractivity contribution is 7.48. The van der Waals surface area contributed by atoms with E-state index in [1.807, 2.05) is 6.07 Å². The summed E-state index contributed by atoms with van der Waals surface area (Å²) in [5.41, 5.74) is 5.23. The number of amidine groups is 1. The van der Waals surface area contributed by atoms with Crippen LogP contribution >= 0.6 is 19.4 Å². The fourth-order valence-corrected chi connectivity index (χ4v) is 5.91. The average Bonchev–Trinajstić information content (AvgIpc) is 3.30. The van der Waals surface area contributed by atoms with Gasteiger partial charge in [-0.3, -0.25) is 13.6 Å². The minimum absolute atomic E-state index is 0.163. The van der Waals surface area contributed by atoms with Crippen molar-refractivity contribution in [1.82, 2.24) is 4.90 Å². The van der Waals surface area contributed by atoms with E-state index in [1.54, 1.807) is 42.3 Å². The van der Waals surface area contributed by atoms with Gasteiger partial charge in [0.2, 0.25) is 0 Å². The van der Waals surface area contributed by atoms with Crippen molar-refractivity contribution >= 4 is 31.4 Å². The van der Waals surface area contributed by atoms with Crippen molar-refractivity contribution in [2.24, 2.45) is 10.7 Å². The molecule has 0 bridgehead atoms. The van der Waals surface area contributed by atoms with Gasteiger partial charge in [0.15, 0.2) is 18.4 Å². The molecule has 13 heteroatoms. The number of nitrogens with zero attached hydrogens (tertiary/aromatic N) is 2. The number of ether oxygens (including phenoxy) is 3. The minimum Gasteiger partial charge on any atom is -0.424 e. The molecule has 1 aromatic carbocycles. The molecule has 11 nitrogen and oxygen atoms in total. The number of fused-ring (bicyclic) bond motifs is 1. The van der Waals surface area contributed by atoms with Gasteiger partial charge in [-0.25, -0.2) is 14.4 Å². The Hall–Kier alpha value is -2.40. The van der Waals surface area contributed by atoms with Crippen molar-refractivity contribution in [3.8, 4) is 0 Å². The molecule has 0 aliphatic carbocycles. The van der Waals surface area contributed by atoms with Crippen molar-refractivity contribution < 1.29 is 37.1 Å². The van der Waals surface area contributed by atoms with Crippen molar-refractivity contribution in [3.05, 3.63) is 59.5 Å². The molecule has 4 aliphatic rings. The van der Waals surface area contributed by atoms with Crippen LogP contribution in [0.1, 0.15) is 25.0 Å². The minimum atomic E-state index is -3.96. The summed E-state index contributed by atoms with van der Waals surface area (Å²) >= 11 is 6.07. The fourth-order valence-electron chi connectivity index (χ4n) is 4.23. The molecule has 3 fully saturated rings. The maximum absolute atomic E-state index is 13.3. The molecule has 3 saturated heterocycles. The number of nitrogens with two attached hydrogens (primary N) is 1. The number of carbonyl (C=O) groups is 1. The lowest BCUT2D eigenvalue weighted by atomic mass is 9.98. The lowest BCUT2D eigenvalue weighted by Crippen LogP contribution is -2.43. The van der Waals surface area contributed by atoms with Gasteiger partial charge in [0.25, 0.3) is 0 Å². The molecule has 2 N–H and O–H groups in total. The molecule has 0 radical (unpaired) electrons. The third kappa shape index (κ3) is 4.35. The van der Waals surface area contributed by atoms with Crippen molar-refractivity contribution in [3.63, 3.8) is 0 Å². The third-order valence-electron chi connectivity index (χ3n) is 5.88. The second-order valence-electron chi connectivity index (χ2n) is 8.36. The van der Waals surface area contributed by atoms with E-state index < -0.39 is 44.1 Å². The molecular weight excluding hydrogens is 489 g/mol. The van der Waals surface area contributed by atoms with E-state index in [1.165, 1.54) is 0 Å². The summed E-state index contributed by atoms with van der Waals surface area (Å²) in [6.07, 6.45) is -0.188. The number of phosphoric ester groups is 1. The molecule has 5 rings (SSSR count). The first-order valence-electron chi connectivity index (χ1n) is 10.5. The van der Waals surface area contributed by atoms with Crippen LogP contribution in [0.25, 0.3) is 0 Å². The summed E-state index contributed by atoms with van der Waals surface area (Å²) < 4.78 is 46.9. The number of rotatable bonds is 5. The number of benzene rings is 1. The Balaban J connectivity index is 1.31. The summed E-state index contributed by atoms with van der Waals surface area (Å²) in [5, 5.41) is 0.537. The molecule has 0 spiro atoms. The Morgan fingerprint density at radius 3 is 3.00 bits per heavy atom. The van der Waals surface area contributed by atoms with Crippen molar-refractivity contribution in [2.45, 2.75) is 43.5 Å². The number of phosphoric acid groups is 1. The lowest BCUT2D eigenvalue weighted by Gasteiger charge is -2.34. The number of hydrogen-bond donors (Lipinski definition) is 1. The predicted molar refractivity (Wildman–Crippen MR) is 120 cm³/mol. The van der Waals surface area contributed by atoms with Crippen molar-refractivity contribution in [2.75, 3.05) is 13.2 Å². The number of halogens is 1. The molecule has 1 aromatic rings. The zero-order valence-corrected chi connectivity index (χ0v) is 19.8. The second kappa shape index (κ2) is 8.67. The maximum atomic E-state index is 13.3. The van der Waals surface area contributed by atoms with Gasteiger partial charge in [-0.2, -0.15) is 0 Å². The first kappa shape index (κ1) is 23.3. The first-order chi connectivity index (χ1) is 16.2. The van der Waals surface area contributed by atoms with Gasteiger partial charge in [-0.15, -0.1) is 0 Å².